The minimum atomic E-state index is 0.268. The van der Waals surface area contributed by atoms with Crippen molar-refractivity contribution < 1.29 is 0 Å². The molecule has 18 heavy (non-hydrogen) atoms. The van der Waals surface area contributed by atoms with Gasteiger partial charge in [-0.15, -0.1) is 5.10 Å². The van der Waals surface area contributed by atoms with E-state index in [1.165, 1.54) is 44.9 Å². The van der Waals surface area contributed by atoms with Crippen molar-refractivity contribution in [2.45, 2.75) is 64.8 Å². The van der Waals surface area contributed by atoms with Gasteiger partial charge in [0.05, 0.1) is 0 Å². The van der Waals surface area contributed by atoms with Gasteiger partial charge in [0.25, 0.3) is 0 Å². The van der Waals surface area contributed by atoms with Crippen LogP contribution in [0.15, 0.2) is 6.33 Å². The Morgan fingerprint density at radius 2 is 1.78 bits per heavy atom. The van der Waals surface area contributed by atoms with Crippen LogP contribution >= 0.6 is 12.2 Å². The molecule has 0 aliphatic rings. The second-order valence-corrected chi connectivity index (χ2v) is 5.11. The lowest BCUT2D eigenvalue weighted by Gasteiger charge is -2.01. The van der Waals surface area contributed by atoms with Crippen LogP contribution in [0.5, 0.6) is 0 Å². The Labute approximate surface area is 115 Å². The third-order valence-electron chi connectivity index (χ3n) is 3.00. The van der Waals surface area contributed by atoms with E-state index in [4.69, 9.17) is 18.0 Å². The average Bonchev–Trinajstić information content (AvgIpc) is 2.81. The van der Waals surface area contributed by atoms with E-state index in [-0.39, 0.29) is 4.99 Å². The van der Waals surface area contributed by atoms with Crippen LogP contribution in [0.25, 0.3) is 0 Å². The number of aromatic nitrogens is 3. The molecule has 0 fully saturated rings. The molecule has 0 bridgehead atoms. The van der Waals surface area contributed by atoms with Crippen LogP contribution < -0.4 is 5.73 Å². The molecule has 0 amide bonds. The number of thiocarbonyl (C=S) groups is 1. The quantitative estimate of drug-likeness (QED) is 0.523. The van der Waals surface area contributed by atoms with Gasteiger partial charge in [-0.2, -0.15) is 0 Å². The Bertz CT molecular complexity index is 349. The van der Waals surface area contributed by atoms with Gasteiger partial charge in [0.15, 0.2) is 0 Å². The first-order valence-corrected chi connectivity index (χ1v) is 7.34. The molecule has 2 N–H and O–H groups in total. The van der Waals surface area contributed by atoms with Gasteiger partial charge in [-0.05, 0) is 6.42 Å². The van der Waals surface area contributed by atoms with Crippen molar-refractivity contribution in [1.29, 1.82) is 0 Å². The lowest BCUT2D eigenvalue weighted by atomic mass is 10.1. The van der Waals surface area contributed by atoms with Crippen LogP contribution in [-0.2, 0) is 6.54 Å². The molecule has 1 aromatic heterocycles. The fraction of sp³-hybridized carbons (Fsp3) is 0.769. The molecule has 0 unspecified atom stereocenters. The molecule has 0 atom stereocenters. The second-order valence-electron chi connectivity index (χ2n) is 4.67. The summed E-state index contributed by atoms with van der Waals surface area (Å²) in [6.07, 6.45) is 12.2. The van der Waals surface area contributed by atoms with Crippen LogP contribution in [0.3, 0.4) is 0 Å². The monoisotopic (exact) mass is 268 g/mol. The van der Waals surface area contributed by atoms with Gasteiger partial charge >= 0.3 is 0 Å². The van der Waals surface area contributed by atoms with Crippen molar-refractivity contribution in [2.75, 3.05) is 0 Å². The van der Waals surface area contributed by atoms with Gasteiger partial charge in [0.2, 0.25) is 5.82 Å². The Balaban J connectivity index is 2.02. The third-order valence-corrected chi connectivity index (χ3v) is 3.18. The van der Waals surface area contributed by atoms with Crippen LogP contribution in [0.1, 0.15) is 64.1 Å². The first-order chi connectivity index (χ1) is 8.74. The smallest absolute Gasteiger partial charge is 0.208 e. The highest BCUT2D eigenvalue weighted by Crippen LogP contribution is 2.08. The molecule has 1 heterocycles. The Morgan fingerprint density at radius 3 is 2.33 bits per heavy atom. The second kappa shape index (κ2) is 9.03. The first-order valence-electron chi connectivity index (χ1n) is 6.93. The van der Waals surface area contributed by atoms with Crippen molar-refractivity contribution in [3.63, 3.8) is 0 Å². The number of aryl methyl sites for hydroxylation is 1. The summed E-state index contributed by atoms with van der Waals surface area (Å²) in [5.74, 6) is 0.476. The van der Waals surface area contributed by atoms with Crippen LogP contribution in [-0.4, -0.2) is 19.8 Å². The molecular formula is C13H24N4S. The zero-order valence-corrected chi connectivity index (χ0v) is 12.1. The number of nitrogens with two attached hydrogens (primary N) is 1. The number of unbranched alkanes of at least 4 members (excludes halogenated alkanes) is 7. The van der Waals surface area contributed by atoms with E-state index in [9.17, 15) is 0 Å². The summed E-state index contributed by atoms with van der Waals surface area (Å²) in [4.78, 5) is 4.32. The van der Waals surface area contributed by atoms with Crippen LogP contribution in [0, 0.1) is 0 Å². The van der Waals surface area contributed by atoms with Gasteiger partial charge in [0.1, 0.15) is 11.3 Å². The van der Waals surface area contributed by atoms with Crippen molar-refractivity contribution in [3.05, 3.63) is 12.2 Å². The zero-order chi connectivity index (χ0) is 13.2. The molecule has 0 aliphatic heterocycles. The number of nitrogens with zero attached hydrogens (tertiary/aromatic N) is 3. The Hall–Kier alpha value is -0.970. The molecule has 0 saturated carbocycles. The maximum atomic E-state index is 5.45. The van der Waals surface area contributed by atoms with Gasteiger partial charge in [-0.3, -0.25) is 4.68 Å². The summed E-state index contributed by atoms with van der Waals surface area (Å²) in [5.41, 5.74) is 5.45. The van der Waals surface area contributed by atoms with E-state index in [0.29, 0.717) is 5.82 Å². The minimum Gasteiger partial charge on any atom is -0.387 e. The highest BCUT2D eigenvalue weighted by Gasteiger charge is 2.02. The van der Waals surface area contributed by atoms with Crippen molar-refractivity contribution >= 4 is 17.2 Å². The van der Waals surface area contributed by atoms with E-state index >= 15 is 0 Å². The minimum absolute atomic E-state index is 0.268. The summed E-state index contributed by atoms with van der Waals surface area (Å²) in [5, 5.41) is 4.21. The summed E-state index contributed by atoms with van der Waals surface area (Å²) in [6.45, 7) is 3.16. The molecule has 0 saturated heterocycles. The Kier molecular flexibility index (Phi) is 7.57. The molecule has 5 heteroatoms. The topological polar surface area (TPSA) is 56.7 Å². The summed E-state index contributed by atoms with van der Waals surface area (Å²) >= 11 is 4.82. The molecule has 1 rings (SSSR count). The van der Waals surface area contributed by atoms with Crippen molar-refractivity contribution in [2.24, 2.45) is 5.73 Å². The maximum absolute atomic E-state index is 5.45. The predicted molar refractivity (Wildman–Crippen MR) is 78.5 cm³/mol. The third kappa shape index (κ3) is 6.10. The predicted octanol–water partition coefficient (Wildman–Crippen LogP) is 3.05. The van der Waals surface area contributed by atoms with Gasteiger partial charge < -0.3 is 5.73 Å². The van der Waals surface area contributed by atoms with E-state index in [0.717, 1.165) is 13.0 Å². The van der Waals surface area contributed by atoms with Crippen LogP contribution in [0.4, 0.5) is 0 Å². The molecule has 0 spiro atoms. The SMILES string of the molecule is CCCCCCCCCCn1cnc(C(N)=S)n1. The number of hydrogen-bond acceptors (Lipinski definition) is 3. The highest BCUT2D eigenvalue weighted by atomic mass is 32.1. The maximum Gasteiger partial charge on any atom is 0.208 e. The zero-order valence-electron chi connectivity index (χ0n) is 11.3. The van der Waals surface area contributed by atoms with E-state index in [2.05, 4.69) is 17.0 Å². The average molecular weight is 268 g/mol. The largest absolute Gasteiger partial charge is 0.387 e. The van der Waals surface area contributed by atoms with Gasteiger partial charge in [-0.1, -0.05) is 64.1 Å². The van der Waals surface area contributed by atoms with Gasteiger partial charge in [0, 0.05) is 6.54 Å². The lowest BCUT2D eigenvalue weighted by molar-refractivity contribution is 0.519. The molecule has 4 nitrogen and oxygen atoms in total. The lowest BCUT2D eigenvalue weighted by Crippen LogP contribution is -2.12. The molecule has 1 aromatic rings. The fourth-order valence-corrected chi connectivity index (χ4v) is 2.02. The summed E-state index contributed by atoms with van der Waals surface area (Å²) in [7, 11) is 0. The highest BCUT2D eigenvalue weighted by molar-refractivity contribution is 7.80. The van der Waals surface area contributed by atoms with E-state index in [1.807, 2.05) is 4.68 Å². The van der Waals surface area contributed by atoms with Crippen LogP contribution in [0.2, 0.25) is 0 Å². The molecule has 102 valence electrons. The number of hydrogen-bond donors (Lipinski definition) is 1. The van der Waals surface area contributed by atoms with E-state index < -0.39 is 0 Å². The molecule has 0 aliphatic carbocycles. The summed E-state index contributed by atoms with van der Waals surface area (Å²) < 4.78 is 1.82. The fourth-order valence-electron chi connectivity index (χ4n) is 1.92. The molecule has 0 radical (unpaired) electrons. The first kappa shape index (κ1) is 15.1. The van der Waals surface area contributed by atoms with E-state index in [1.54, 1.807) is 6.33 Å². The Morgan fingerprint density at radius 1 is 1.17 bits per heavy atom. The number of rotatable bonds is 10. The molecular weight excluding hydrogens is 244 g/mol. The molecule has 0 aromatic carbocycles. The normalized spacial score (nSPS) is 10.7. The van der Waals surface area contributed by atoms with Gasteiger partial charge in [-0.25, -0.2) is 4.98 Å². The standard InChI is InChI=1S/C13H24N4S/c1-2-3-4-5-6-7-8-9-10-17-11-15-13(16-17)12(14)18/h11H,2-10H2,1H3,(H2,14,18). The summed E-state index contributed by atoms with van der Waals surface area (Å²) in [6, 6.07) is 0. The van der Waals surface area contributed by atoms with Crippen molar-refractivity contribution in [1.82, 2.24) is 14.8 Å². The van der Waals surface area contributed by atoms with Crippen molar-refractivity contribution in [3.8, 4) is 0 Å².